The van der Waals surface area contributed by atoms with E-state index >= 15 is 0 Å². The van der Waals surface area contributed by atoms with Crippen molar-refractivity contribution in [1.82, 2.24) is 14.7 Å². The van der Waals surface area contributed by atoms with Crippen LogP contribution >= 0.6 is 12.2 Å². The average molecular weight is 266 g/mol. The lowest BCUT2D eigenvalue weighted by Crippen LogP contribution is -2.43. The Morgan fingerprint density at radius 2 is 2.28 bits per heavy atom. The molecule has 1 aliphatic carbocycles. The second-order valence-electron chi connectivity index (χ2n) is 4.71. The molecule has 18 heavy (non-hydrogen) atoms. The zero-order valence-corrected chi connectivity index (χ0v) is 11.3. The number of carbonyl (C=O) groups excluding carboxylic acids is 1. The molecule has 1 aliphatic rings. The lowest BCUT2D eigenvalue weighted by molar-refractivity contribution is 0.0708. The van der Waals surface area contributed by atoms with Crippen molar-refractivity contribution in [2.75, 3.05) is 6.54 Å². The highest BCUT2D eigenvalue weighted by Crippen LogP contribution is 2.24. The van der Waals surface area contributed by atoms with E-state index < -0.39 is 0 Å². The number of nitrogens with two attached hydrogens (primary N) is 1. The third-order valence-electron chi connectivity index (χ3n) is 3.29. The maximum absolute atomic E-state index is 12.4. The Hall–Kier alpha value is -1.43. The topological polar surface area (TPSA) is 64.2 Å². The van der Waals surface area contributed by atoms with Crippen molar-refractivity contribution in [1.29, 1.82) is 0 Å². The van der Waals surface area contributed by atoms with Crippen molar-refractivity contribution in [2.45, 2.75) is 31.7 Å². The quantitative estimate of drug-likeness (QED) is 0.829. The van der Waals surface area contributed by atoms with Crippen molar-refractivity contribution in [3.63, 3.8) is 0 Å². The van der Waals surface area contributed by atoms with Crippen LogP contribution in [0.3, 0.4) is 0 Å². The molecular formula is C12H18N4OS. The molecule has 2 rings (SSSR count). The van der Waals surface area contributed by atoms with E-state index in [9.17, 15) is 4.79 Å². The maximum atomic E-state index is 12.4. The molecular weight excluding hydrogens is 248 g/mol. The van der Waals surface area contributed by atoms with Gasteiger partial charge in [-0.15, -0.1) is 0 Å². The molecule has 0 saturated heterocycles. The van der Waals surface area contributed by atoms with Crippen molar-refractivity contribution >= 4 is 23.1 Å². The number of rotatable bonds is 4. The van der Waals surface area contributed by atoms with Crippen LogP contribution in [0.2, 0.25) is 0 Å². The van der Waals surface area contributed by atoms with Crippen LogP contribution in [0.1, 0.15) is 36.2 Å². The van der Waals surface area contributed by atoms with Crippen molar-refractivity contribution in [3.8, 4) is 0 Å². The van der Waals surface area contributed by atoms with Gasteiger partial charge in [-0.3, -0.25) is 9.48 Å². The van der Waals surface area contributed by atoms with E-state index in [2.05, 4.69) is 5.10 Å². The van der Waals surface area contributed by atoms with E-state index in [-0.39, 0.29) is 11.9 Å². The van der Waals surface area contributed by atoms with Gasteiger partial charge in [0.1, 0.15) is 5.69 Å². The first-order valence-electron chi connectivity index (χ1n) is 6.17. The first-order valence-corrected chi connectivity index (χ1v) is 6.57. The molecule has 1 saturated carbocycles. The minimum absolute atomic E-state index is 0.0738. The zero-order chi connectivity index (χ0) is 13.1. The highest BCUT2D eigenvalue weighted by Gasteiger charge is 2.28. The summed E-state index contributed by atoms with van der Waals surface area (Å²) < 4.78 is 1.63. The summed E-state index contributed by atoms with van der Waals surface area (Å²) in [7, 11) is 1.80. The minimum Gasteiger partial charge on any atom is -0.392 e. The van der Waals surface area contributed by atoms with Crippen LogP contribution in [0.4, 0.5) is 0 Å². The largest absolute Gasteiger partial charge is 0.392 e. The number of nitrogens with zero attached hydrogens (tertiary/aromatic N) is 3. The molecule has 0 aromatic carbocycles. The first kappa shape index (κ1) is 13.0. The molecule has 1 aromatic rings. The summed E-state index contributed by atoms with van der Waals surface area (Å²) in [5.41, 5.74) is 6.05. The van der Waals surface area contributed by atoms with E-state index in [0.29, 0.717) is 17.2 Å². The fourth-order valence-electron chi connectivity index (χ4n) is 2.43. The number of aromatic nitrogens is 2. The molecule has 1 amide bonds. The predicted octanol–water partition coefficient (Wildman–Crippen LogP) is 1.09. The van der Waals surface area contributed by atoms with Crippen LogP contribution < -0.4 is 5.73 Å². The molecule has 0 aliphatic heterocycles. The van der Waals surface area contributed by atoms with Gasteiger partial charge in [0.15, 0.2) is 0 Å². The van der Waals surface area contributed by atoms with Crippen LogP contribution in [0.25, 0.3) is 0 Å². The molecule has 0 spiro atoms. The van der Waals surface area contributed by atoms with Gasteiger partial charge in [-0.2, -0.15) is 5.10 Å². The number of carbonyl (C=O) groups is 1. The normalized spacial score (nSPS) is 15.8. The average Bonchev–Trinajstić information content (AvgIpc) is 2.95. The number of hydrogen-bond acceptors (Lipinski definition) is 3. The molecule has 1 fully saturated rings. The third kappa shape index (κ3) is 2.87. The molecule has 6 heteroatoms. The zero-order valence-electron chi connectivity index (χ0n) is 10.5. The molecule has 0 unspecified atom stereocenters. The smallest absolute Gasteiger partial charge is 0.274 e. The highest BCUT2D eigenvalue weighted by molar-refractivity contribution is 7.80. The second kappa shape index (κ2) is 5.48. The van der Waals surface area contributed by atoms with Gasteiger partial charge in [-0.25, -0.2) is 0 Å². The van der Waals surface area contributed by atoms with Gasteiger partial charge in [0.05, 0.1) is 11.5 Å². The number of thiocarbonyl (C=S) groups is 1. The predicted molar refractivity (Wildman–Crippen MR) is 73.3 cm³/mol. The summed E-state index contributed by atoms with van der Waals surface area (Å²) in [5, 5.41) is 4.15. The molecule has 0 radical (unpaired) electrons. The van der Waals surface area contributed by atoms with Crippen LogP contribution in [-0.4, -0.2) is 38.2 Å². The Bertz CT molecular complexity index is 451. The van der Waals surface area contributed by atoms with Crippen LogP contribution in [0, 0.1) is 0 Å². The van der Waals surface area contributed by atoms with Gasteiger partial charge < -0.3 is 10.6 Å². The summed E-state index contributed by atoms with van der Waals surface area (Å²) >= 11 is 4.94. The van der Waals surface area contributed by atoms with Gasteiger partial charge in [-0.05, 0) is 18.9 Å². The van der Waals surface area contributed by atoms with E-state index in [4.69, 9.17) is 18.0 Å². The molecule has 5 nitrogen and oxygen atoms in total. The van der Waals surface area contributed by atoms with Gasteiger partial charge in [0.25, 0.3) is 5.91 Å². The molecule has 2 N–H and O–H groups in total. The second-order valence-corrected chi connectivity index (χ2v) is 5.24. The first-order chi connectivity index (χ1) is 8.58. The Kier molecular flexibility index (Phi) is 3.96. The summed E-state index contributed by atoms with van der Waals surface area (Å²) in [4.78, 5) is 14.5. The van der Waals surface area contributed by atoms with Crippen LogP contribution in [0.15, 0.2) is 12.3 Å². The van der Waals surface area contributed by atoms with E-state index in [1.54, 1.807) is 28.9 Å². The van der Waals surface area contributed by atoms with E-state index in [1.165, 1.54) is 0 Å². The Morgan fingerprint density at radius 1 is 1.61 bits per heavy atom. The number of amides is 1. The van der Waals surface area contributed by atoms with Crippen molar-refractivity contribution < 1.29 is 4.79 Å². The Labute approximate surface area is 112 Å². The van der Waals surface area contributed by atoms with E-state index in [0.717, 1.165) is 25.7 Å². The maximum Gasteiger partial charge on any atom is 0.274 e. The molecule has 1 heterocycles. The molecule has 0 atom stereocenters. The SMILES string of the molecule is Cn1ccc(C(=O)N(CC(N)=S)C2CCCC2)n1. The monoisotopic (exact) mass is 266 g/mol. The number of aryl methyl sites for hydroxylation is 1. The standard InChI is InChI=1S/C12H18N4OS/c1-15-7-6-10(14-15)12(17)16(8-11(13)18)9-4-2-3-5-9/h6-7,9H,2-5,8H2,1H3,(H2,13,18). The molecule has 0 bridgehead atoms. The Balaban J connectivity index is 2.17. The molecule has 1 aromatic heterocycles. The fourth-order valence-corrected chi connectivity index (χ4v) is 2.57. The summed E-state index contributed by atoms with van der Waals surface area (Å²) in [6, 6.07) is 1.98. The minimum atomic E-state index is -0.0738. The summed E-state index contributed by atoms with van der Waals surface area (Å²) in [6.07, 6.45) is 6.14. The van der Waals surface area contributed by atoms with Gasteiger partial charge >= 0.3 is 0 Å². The number of hydrogen-bond donors (Lipinski definition) is 1. The van der Waals surface area contributed by atoms with Crippen LogP contribution in [-0.2, 0) is 7.05 Å². The van der Waals surface area contributed by atoms with E-state index in [1.807, 2.05) is 0 Å². The third-order valence-corrected chi connectivity index (χ3v) is 3.41. The van der Waals surface area contributed by atoms with Crippen molar-refractivity contribution in [3.05, 3.63) is 18.0 Å². The fraction of sp³-hybridized carbons (Fsp3) is 0.583. The van der Waals surface area contributed by atoms with Gasteiger partial charge in [-0.1, -0.05) is 25.1 Å². The van der Waals surface area contributed by atoms with Crippen LogP contribution in [0.5, 0.6) is 0 Å². The highest BCUT2D eigenvalue weighted by atomic mass is 32.1. The van der Waals surface area contributed by atoms with Gasteiger partial charge in [0.2, 0.25) is 0 Å². The lowest BCUT2D eigenvalue weighted by Gasteiger charge is -2.27. The molecule has 98 valence electrons. The van der Waals surface area contributed by atoms with Gasteiger partial charge in [0, 0.05) is 19.3 Å². The van der Waals surface area contributed by atoms with Crippen molar-refractivity contribution in [2.24, 2.45) is 12.8 Å². The lowest BCUT2D eigenvalue weighted by atomic mass is 10.2. The summed E-state index contributed by atoms with van der Waals surface area (Å²) in [6.45, 7) is 0.343. The summed E-state index contributed by atoms with van der Waals surface area (Å²) in [5.74, 6) is -0.0738. The Morgan fingerprint density at radius 3 is 2.78 bits per heavy atom.